The number of pyridine rings is 1. The normalized spacial score (nSPS) is 16.1. The zero-order chi connectivity index (χ0) is 18.3. The van der Waals surface area contributed by atoms with E-state index in [4.69, 9.17) is 28.9 Å². The van der Waals surface area contributed by atoms with E-state index >= 15 is 0 Å². The molecular formula is C20H20Cl2N4. The van der Waals surface area contributed by atoms with Gasteiger partial charge in [0.25, 0.3) is 0 Å². The molecule has 0 aliphatic heterocycles. The lowest BCUT2D eigenvalue weighted by Crippen LogP contribution is -2.26. The fraction of sp³-hybridized carbons (Fsp3) is 0.250. The van der Waals surface area contributed by atoms with Gasteiger partial charge in [0.05, 0.1) is 16.9 Å². The van der Waals surface area contributed by atoms with E-state index in [9.17, 15) is 0 Å². The molecule has 2 heterocycles. The fourth-order valence-electron chi connectivity index (χ4n) is 3.49. The van der Waals surface area contributed by atoms with Crippen LogP contribution in [0.5, 0.6) is 0 Å². The molecule has 0 radical (unpaired) electrons. The van der Waals surface area contributed by atoms with Crippen molar-refractivity contribution in [1.82, 2.24) is 9.97 Å². The number of rotatable bonds is 4. The number of hydrogen-bond acceptors (Lipinski definition) is 3. The topological polar surface area (TPSA) is 66.7 Å². The number of hydrogen-bond donors (Lipinski definition) is 3. The van der Waals surface area contributed by atoms with Gasteiger partial charge in [-0.05, 0) is 49.1 Å². The minimum Gasteiger partial charge on any atom is -0.355 e. The number of anilines is 2. The third-order valence-corrected chi connectivity index (χ3v) is 5.39. The molecule has 0 saturated carbocycles. The Kier molecular flexibility index (Phi) is 4.65. The fourth-order valence-corrected chi connectivity index (χ4v) is 3.76. The summed E-state index contributed by atoms with van der Waals surface area (Å²) in [6.07, 6.45) is 8.16. The van der Waals surface area contributed by atoms with Crippen LogP contribution < -0.4 is 21.6 Å². The van der Waals surface area contributed by atoms with Crippen LogP contribution in [0.4, 0.5) is 11.4 Å². The standard InChI is InChI=1S/C20H20Cl2N4/c1-11-2-3-18-15(6-11)16-8-13(7-12(4-5-23)19(16)26-18)25-14-9-17(21)20(22)24-10-14/h3,6-11,25-26H,2,4-5,23H2,1H3. The van der Waals surface area contributed by atoms with Gasteiger partial charge in [-0.15, -0.1) is 0 Å². The van der Waals surface area contributed by atoms with Crippen LogP contribution in [0.3, 0.4) is 0 Å². The van der Waals surface area contributed by atoms with E-state index in [0.29, 0.717) is 22.6 Å². The van der Waals surface area contributed by atoms with Crippen molar-refractivity contribution in [2.24, 2.45) is 11.7 Å². The maximum absolute atomic E-state index is 6.08. The Balaban J connectivity index is 1.86. The lowest BCUT2D eigenvalue weighted by Gasteiger charge is -2.11. The highest BCUT2D eigenvalue weighted by atomic mass is 35.5. The molecular weight excluding hydrogens is 367 g/mol. The van der Waals surface area contributed by atoms with Gasteiger partial charge in [0, 0.05) is 27.2 Å². The Bertz CT molecular complexity index is 1100. The molecule has 26 heavy (non-hydrogen) atoms. The number of nitrogens with one attached hydrogen (secondary N) is 2. The van der Waals surface area contributed by atoms with E-state index in [2.05, 4.69) is 46.5 Å². The van der Waals surface area contributed by atoms with Gasteiger partial charge < -0.3 is 16.0 Å². The number of H-pyrrole nitrogens is 1. The summed E-state index contributed by atoms with van der Waals surface area (Å²) >= 11 is 12.0. The molecule has 1 aliphatic rings. The summed E-state index contributed by atoms with van der Waals surface area (Å²) in [5, 5.41) is 7.80. The summed E-state index contributed by atoms with van der Waals surface area (Å²) in [5.74, 6) is 0.537. The lowest BCUT2D eigenvalue weighted by molar-refractivity contribution is 0.799. The molecule has 4 rings (SSSR count). The summed E-state index contributed by atoms with van der Waals surface area (Å²) < 4.78 is 0. The monoisotopic (exact) mass is 386 g/mol. The number of aromatic amines is 1. The number of nitrogens with zero attached hydrogens (tertiary/aromatic N) is 1. The number of benzene rings is 1. The summed E-state index contributed by atoms with van der Waals surface area (Å²) in [4.78, 5) is 7.68. The van der Waals surface area contributed by atoms with E-state index in [0.717, 1.165) is 24.2 Å². The molecule has 1 unspecified atom stereocenters. The van der Waals surface area contributed by atoms with Crippen molar-refractivity contribution in [2.75, 3.05) is 11.9 Å². The molecule has 0 saturated heterocycles. The minimum atomic E-state index is 0.301. The summed E-state index contributed by atoms with van der Waals surface area (Å²) in [6.45, 7) is 2.84. The number of nitrogens with two attached hydrogens (primary N) is 1. The Labute approximate surface area is 161 Å². The van der Waals surface area contributed by atoms with Gasteiger partial charge in [-0.2, -0.15) is 0 Å². The third-order valence-electron chi connectivity index (χ3n) is 4.70. The highest BCUT2D eigenvalue weighted by Gasteiger charge is 2.12. The number of aromatic nitrogens is 2. The van der Waals surface area contributed by atoms with Crippen LogP contribution in [-0.2, 0) is 6.42 Å². The molecule has 4 nitrogen and oxygen atoms in total. The van der Waals surface area contributed by atoms with Crippen LogP contribution >= 0.6 is 23.2 Å². The molecule has 4 N–H and O–H groups in total. The molecule has 0 bridgehead atoms. The van der Waals surface area contributed by atoms with E-state index < -0.39 is 0 Å². The average molecular weight is 387 g/mol. The Hall–Kier alpha value is -2.01. The highest BCUT2D eigenvalue weighted by Crippen LogP contribution is 2.27. The van der Waals surface area contributed by atoms with Crippen molar-refractivity contribution in [3.05, 3.63) is 50.7 Å². The molecule has 134 valence electrons. The molecule has 3 aromatic rings. The van der Waals surface area contributed by atoms with Gasteiger partial charge in [0.1, 0.15) is 5.15 Å². The van der Waals surface area contributed by atoms with E-state index in [-0.39, 0.29) is 0 Å². The van der Waals surface area contributed by atoms with Gasteiger partial charge in [0.15, 0.2) is 0 Å². The SMILES string of the molecule is CC1C=c2c([nH]c3c(CCN)cc(Nc4cnc(Cl)c(Cl)c4)cc23)=CC1. The molecule has 1 atom stereocenters. The van der Waals surface area contributed by atoms with Crippen molar-refractivity contribution < 1.29 is 0 Å². The highest BCUT2D eigenvalue weighted by molar-refractivity contribution is 6.41. The van der Waals surface area contributed by atoms with Crippen LogP contribution in [0, 0.1) is 5.92 Å². The Morgan fingerprint density at radius 1 is 1.27 bits per heavy atom. The maximum Gasteiger partial charge on any atom is 0.147 e. The summed E-state index contributed by atoms with van der Waals surface area (Å²) in [5.41, 5.74) is 9.99. The van der Waals surface area contributed by atoms with E-state index in [1.165, 1.54) is 27.0 Å². The van der Waals surface area contributed by atoms with Crippen LogP contribution in [0.1, 0.15) is 18.9 Å². The zero-order valence-electron chi connectivity index (χ0n) is 14.4. The van der Waals surface area contributed by atoms with Crippen molar-refractivity contribution >= 4 is 57.6 Å². The molecule has 0 fully saturated rings. The molecule has 2 aromatic heterocycles. The first-order valence-electron chi connectivity index (χ1n) is 8.70. The van der Waals surface area contributed by atoms with Gasteiger partial charge >= 0.3 is 0 Å². The van der Waals surface area contributed by atoms with Gasteiger partial charge in [-0.1, -0.05) is 42.3 Å². The molecule has 0 spiro atoms. The predicted molar refractivity (Wildman–Crippen MR) is 111 cm³/mol. The van der Waals surface area contributed by atoms with Crippen LogP contribution in [0.2, 0.25) is 10.2 Å². The van der Waals surface area contributed by atoms with Crippen LogP contribution in [0.15, 0.2) is 24.4 Å². The minimum absolute atomic E-state index is 0.301. The molecule has 1 aromatic carbocycles. The van der Waals surface area contributed by atoms with Gasteiger partial charge in [-0.25, -0.2) is 4.98 Å². The first-order chi connectivity index (χ1) is 12.5. The quantitative estimate of drug-likeness (QED) is 0.598. The van der Waals surface area contributed by atoms with Gasteiger partial charge in [-0.3, -0.25) is 0 Å². The summed E-state index contributed by atoms with van der Waals surface area (Å²) in [6, 6.07) is 6.07. The average Bonchev–Trinajstić information content (AvgIpc) is 2.97. The lowest BCUT2D eigenvalue weighted by atomic mass is 10.00. The van der Waals surface area contributed by atoms with Crippen molar-refractivity contribution in [3.8, 4) is 0 Å². The second-order valence-electron chi connectivity index (χ2n) is 6.75. The second kappa shape index (κ2) is 6.95. The molecule has 6 heteroatoms. The van der Waals surface area contributed by atoms with Crippen molar-refractivity contribution in [2.45, 2.75) is 19.8 Å². The third kappa shape index (κ3) is 3.20. The van der Waals surface area contributed by atoms with Crippen molar-refractivity contribution in [1.29, 1.82) is 0 Å². The largest absolute Gasteiger partial charge is 0.355 e. The number of halogens is 2. The first kappa shape index (κ1) is 17.4. The molecule has 0 amide bonds. The zero-order valence-corrected chi connectivity index (χ0v) is 16.0. The maximum atomic E-state index is 6.08. The first-order valence-corrected chi connectivity index (χ1v) is 9.45. The molecule has 1 aliphatic carbocycles. The predicted octanol–water partition coefficient (Wildman–Crippen LogP) is 3.72. The van der Waals surface area contributed by atoms with Crippen LogP contribution in [-0.4, -0.2) is 16.5 Å². The van der Waals surface area contributed by atoms with E-state index in [1.807, 2.05) is 0 Å². The second-order valence-corrected chi connectivity index (χ2v) is 7.52. The Morgan fingerprint density at radius 3 is 2.88 bits per heavy atom. The van der Waals surface area contributed by atoms with E-state index in [1.54, 1.807) is 12.3 Å². The van der Waals surface area contributed by atoms with Crippen molar-refractivity contribution in [3.63, 3.8) is 0 Å². The van der Waals surface area contributed by atoms with Gasteiger partial charge in [0.2, 0.25) is 0 Å². The number of fused-ring (bicyclic) bond motifs is 3. The summed E-state index contributed by atoms with van der Waals surface area (Å²) in [7, 11) is 0. The Morgan fingerprint density at radius 2 is 2.12 bits per heavy atom. The smallest absolute Gasteiger partial charge is 0.147 e. The van der Waals surface area contributed by atoms with Crippen LogP contribution in [0.25, 0.3) is 23.1 Å².